The predicted molar refractivity (Wildman–Crippen MR) is 79.9 cm³/mol. The summed E-state index contributed by atoms with van der Waals surface area (Å²) in [7, 11) is 4.59. The van der Waals surface area contributed by atoms with Crippen molar-refractivity contribution in [1.29, 1.82) is 0 Å². The molecular formula is C15H22N2O4. The summed E-state index contributed by atoms with van der Waals surface area (Å²) in [6, 6.07) is 5.22. The summed E-state index contributed by atoms with van der Waals surface area (Å²) >= 11 is 0. The summed E-state index contributed by atoms with van der Waals surface area (Å²) in [5.74, 6) is 1.14. The van der Waals surface area contributed by atoms with Crippen LogP contribution in [0.2, 0.25) is 0 Å². The van der Waals surface area contributed by atoms with Gasteiger partial charge in [-0.3, -0.25) is 4.79 Å². The van der Waals surface area contributed by atoms with Gasteiger partial charge in [-0.15, -0.1) is 0 Å². The minimum atomic E-state index is -0.569. The summed E-state index contributed by atoms with van der Waals surface area (Å²) < 4.78 is 15.3. The Bertz CT molecular complexity index is 506. The minimum absolute atomic E-state index is 0.102. The maximum absolute atomic E-state index is 11.5. The number of rotatable bonds is 5. The molecule has 1 fully saturated rings. The van der Waals surface area contributed by atoms with Crippen molar-refractivity contribution in [2.75, 3.05) is 39.3 Å². The molecule has 2 N–H and O–H groups in total. The zero-order valence-corrected chi connectivity index (χ0v) is 12.7. The van der Waals surface area contributed by atoms with E-state index in [1.165, 1.54) is 7.11 Å². The van der Waals surface area contributed by atoms with E-state index in [4.69, 9.17) is 19.9 Å². The van der Waals surface area contributed by atoms with Crippen LogP contribution >= 0.6 is 0 Å². The van der Waals surface area contributed by atoms with Gasteiger partial charge in [-0.2, -0.15) is 0 Å². The normalized spacial score (nSPS) is 19.2. The van der Waals surface area contributed by atoms with E-state index >= 15 is 0 Å². The van der Waals surface area contributed by atoms with Crippen LogP contribution in [-0.2, 0) is 9.53 Å². The SMILES string of the molecule is COC(=O)C(N)C1CCN(c2ccc(OC)c(OC)c2)C1. The van der Waals surface area contributed by atoms with Crippen LogP contribution in [0, 0.1) is 5.92 Å². The van der Waals surface area contributed by atoms with Crippen molar-refractivity contribution in [3.05, 3.63) is 18.2 Å². The molecule has 0 saturated carbocycles. The largest absolute Gasteiger partial charge is 0.493 e. The van der Waals surface area contributed by atoms with Crippen LogP contribution in [0.1, 0.15) is 6.42 Å². The molecule has 116 valence electrons. The molecule has 0 aliphatic carbocycles. The number of hydrogen-bond acceptors (Lipinski definition) is 6. The molecule has 2 unspecified atom stereocenters. The highest BCUT2D eigenvalue weighted by atomic mass is 16.5. The third-order valence-electron chi connectivity index (χ3n) is 3.94. The number of anilines is 1. The molecule has 0 spiro atoms. The summed E-state index contributed by atoms with van der Waals surface area (Å²) in [4.78, 5) is 13.7. The average molecular weight is 294 g/mol. The van der Waals surface area contributed by atoms with E-state index in [0.717, 1.165) is 25.2 Å². The molecule has 1 aromatic carbocycles. The highest BCUT2D eigenvalue weighted by Crippen LogP contribution is 2.34. The first kappa shape index (κ1) is 15.4. The quantitative estimate of drug-likeness (QED) is 0.818. The Morgan fingerprint density at radius 2 is 2.00 bits per heavy atom. The van der Waals surface area contributed by atoms with Crippen LogP contribution in [-0.4, -0.2) is 46.4 Å². The van der Waals surface area contributed by atoms with Gasteiger partial charge in [0, 0.05) is 30.8 Å². The molecule has 0 aromatic heterocycles. The van der Waals surface area contributed by atoms with Gasteiger partial charge in [0.15, 0.2) is 11.5 Å². The Morgan fingerprint density at radius 3 is 2.62 bits per heavy atom. The lowest BCUT2D eigenvalue weighted by atomic mass is 10.0. The third kappa shape index (κ3) is 3.21. The molecule has 6 nitrogen and oxygen atoms in total. The number of carbonyl (C=O) groups excluding carboxylic acids is 1. The third-order valence-corrected chi connectivity index (χ3v) is 3.94. The number of carbonyl (C=O) groups is 1. The number of ether oxygens (including phenoxy) is 3. The van der Waals surface area contributed by atoms with Crippen LogP contribution in [0.5, 0.6) is 11.5 Å². The van der Waals surface area contributed by atoms with E-state index in [2.05, 4.69) is 4.90 Å². The van der Waals surface area contributed by atoms with Gasteiger partial charge < -0.3 is 24.8 Å². The smallest absolute Gasteiger partial charge is 0.322 e. The molecule has 1 aromatic rings. The van der Waals surface area contributed by atoms with Crippen LogP contribution < -0.4 is 20.1 Å². The fraction of sp³-hybridized carbons (Fsp3) is 0.533. The first-order valence-electron chi connectivity index (χ1n) is 6.91. The fourth-order valence-corrected chi connectivity index (χ4v) is 2.67. The second-order valence-corrected chi connectivity index (χ2v) is 5.08. The van der Waals surface area contributed by atoms with Gasteiger partial charge in [-0.25, -0.2) is 0 Å². The summed E-state index contributed by atoms with van der Waals surface area (Å²) in [5.41, 5.74) is 6.96. The zero-order valence-electron chi connectivity index (χ0n) is 12.7. The summed E-state index contributed by atoms with van der Waals surface area (Å²) in [5, 5.41) is 0. The lowest BCUT2D eigenvalue weighted by molar-refractivity contribution is -0.143. The van der Waals surface area contributed by atoms with Crippen LogP contribution in [0.25, 0.3) is 0 Å². The first-order chi connectivity index (χ1) is 10.1. The molecule has 1 aliphatic heterocycles. The second-order valence-electron chi connectivity index (χ2n) is 5.08. The van der Waals surface area contributed by atoms with E-state index in [-0.39, 0.29) is 11.9 Å². The second kappa shape index (κ2) is 6.67. The number of nitrogens with zero attached hydrogens (tertiary/aromatic N) is 1. The molecule has 1 saturated heterocycles. The molecule has 2 rings (SSSR count). The molecule has 21 heavy (non-hydrogen) atoms. The Hall–Kier alpha value is -1.95. The molecule has 0 amide bonds. The van der Waals surface area contributed by atoms with E-state index in [1.807, 2.05) is 18.2 Å². The number of methoxy groups -OCH3 is 3. The molecule has 1 heterocycles. The fourth-order valence-electron chi connectivity index (χ4n) is 2.67. The number of esters is 1. The molecule has 1 aliphatic rings. The van der Waals surface area contributed by atoms with Crippen molar-refractivity contribution >= 4 is 11.7 Å². The lowest BCUT2D eigenvalue weighted by Gasteiger charge is -2.21. The number of hydrogen-bond donors (Lipinski definition) is 1. The molecule has 6 heteroatoms. The van der Waals surface area contributed by atoms with Gasteiger partial charge in [-0.05, 0) is 18.6 Å². The van der Waals surface area contributed by atoms with E-state index < -0.39 is 6.04 Å². The predicted octanol–water partition coefficient (Wildman–Crippen LogP) is 1.03. The van der Waals surface area contributed by atoms with Crippen molar-refractivity contribution in [3.8, 4) is 11.5 Å². The number of benzene rings is 1. The van der Waals surface area contributed by atoms with E-state index in [9.17, 15) is 4.79 Å². The summed E-state index contributed by atoms with van der Waals surface area (Å²) in [6.45, 7) is 1.58. The molecule has 0 bridgehead atoms. The Morgan fingerprint density at radius 1 is 1.29 bits per heavy atom. The Kier molecular flexibility index (Phi) is 4.90. The maximum Gasteiger partial charge on any atom is 0.322 e. The van der Waals surface area contributed by atoms with Crippen LogP contribution in [0.3, 0.4) is 0 Å². The Balaban J connectivity index is 2.09. The summed E-state index contributed by atoms with van der Waals surface area (Å²) in [6.07, 6.45) is 0.866. The van der Waals surface area contributed by atoms with Crippen molar-refractivity contribution in [2.45, 2.75) is 12.5 Å². The van der Waals surface area contributed by atoms with Crippen molar-refractivity contribution in [3.63, 3.8) is 0 Å². The van der Waals surface area contributed by atoms with Gasteiger partial charge in [0.1, 0.15) is 6.04 Å². The van der Waals surface area contributed by atoms with E-state index in [0.29, 0.717) is 11.5 Å². The standard InChI is InChI=1S/C15H22N2O4/c1-19-12-5-4-11(8-13(12)20-2)17-7-6-10(9-17)14(16)15(18)21-3/h4-5,8,10,14H,6-7,9,16H2,1-3H3. The van der Waals surface area contributed by atoms with Gasteiger partial charge >= 0.3 is 5.97 Å². The van der Waals surface area contributed by atoms with E-state index in [1.54, 1.807) is 14.2 Å². The van der Waals surface area contributed by atoms with Gasteiger partial charge in [-0.1, -0.05) is 0 Å². The minimum Gasteiger partial charge on any atom is -0.493 e. The van der Waals surface area contributed by atoms with Gasteiger partial charge in [0.2, 0.25) is 0 Å². The lowest BCUT2D eigenvalue weighted by Crippen LogP contribution is -2.40. The van der Waals surface area contributed by atoms with Crippen LogP contribution in [0.15, 0.2) is 18.2 Å². The number of nitrogens with two attached hydrogens (primary N) is 1. The van der Waals surface area contributed by atoms with Crippen molar-refractivity contribution < 1.29 is 19.0 Å². The van der Waals surface area contributed by atoms with Crippen LogP contribution in [0.4, 0.5) is 5.69 Å². The average Bonchev–Trinajstić information content (AvgIpc) is 3.02. The molecule has 2 atom stereocenters. The zero-order chi connectivity index (χ0) is 15.4. The molecule has 0 radical (unpaired) electrons. The monoisotopic (exact) mass is 294 g/mol. The van der Waals surface area contributed by atoms with Gasteiger partial charge in [0.25, 0.3) is 0 Å². The topological polar surface area (TPSA) is 74.0 Å². The molecular weight excluding hydrogens is 272 g/mol. The van der Waals surface area contributed by atoms with Gasteiger partial charge in [0.05, 0.1) is 21.3 Å². The first-order valence-corrected chi connectivity index (χ1v) is 6.91. The van der Waals surface area contributed by atoms with Crippen molar-refractivity contribution in [1.82, 2.24) is 0 Å². The highest BCUT2D eigenvalue weighted by Gasteiger charge is 2.32. The Labute approximate surface area is 124 Å². The van der Waals surface area contributed by atoms with Crippen molar-refractivity contribution in [2.24, 2.45) is 11.7 Å². The maximum atomic E-state index is 11.5. The highest BCUT2D eigenvalue weighted by molar-refractivity contribution is 5.76.